The van der Waals surface area contributed by atoms with Crippen molar-refractivity contribution in [1.82, 2.24) is 19.3 Å². The van der Waals surface area contributed by atoms with Gasteiger partial charge >= 0.3 is 6.18 Å². The van der Waals surface area contributed by atoms with E-state index in [1.165, 1.54) is 0 Å². The molecule has 0 saturated carbocycles. The van der Waals surface area contributed by atoms with Crippen LogP contribution in [0.3, 0.4) is 0 Å². The van der Waals surface area contributed by atoms with Gasteiger partial charge in [-0.25, -0.2) is 13.4 Å². The Morgan fingerprint density at radius 1 is 1.23 bits per heavy atom. The first-order valence-electron chi connectivity index (χ1n) is 7.69. The molecule has 1 aliphatic heterocycles. The fraction of sp³-hybridized carbons (Fsp3) is 0.250. The maximum atomic E-state index is 12.5. The van der Waals surface area contributed by atoms with Gasteiger partial charge in [0.05, 0.1) is 11.7 Å². The highest BCUT2D eigenvalue weighted by Crippen LogP contribution is 2.33. The lowest BCUT2D eigenvalue weighted by Gasteiger charge is -2.18. The molecule has 0 bridgehead atoms. The Balaban J connectivity index is 1.73. The molecule has 4 rings (SSSR count). The van der Waals surface area contributed by atoms with Crippen molar-refractivity contribution in [3.05, 3.63) is 42.4 Å². The maximum Gasteiger partial charge on any atom is 0.404 e. The van der Waals surface area contributed by atoms with Crippen molar-refractivity contribution in [2.45, 2.75) is 6.18 Å². The third-order valence-electron chi connectivity index (χ3n) is 4.26. The number of sulfonamides is 1. The van der Waals surface area contributed by atoms with Gasteiger partial charge in [-0.3, -0.25) is 4.98 Å². The van der Waals surface area contributed by atoms with E-state index in [1.54, 1.807) is 30.7 Å². The molecular weight excluding hydrogens is 369 g/mol. The topological polar surface area (TPSA) is 79.0 Å². The Labute approximate surface area is 146 Å². The number of aromatic nitrogens is 3. The third-order valence-corrected chi connectivity index (χ3v) is 6.02. The van der Waals surface area contributed by atoms with Crippen molar-refractivity contribution < 1.29 is 21.6 Å². The molecule has 0 unspecified atom stereocenters. The first-order chi connectivity index (χ1) is 12.2. The van der Waals surface area contributed by atoms with Crippen LogP contribution in [0.25, 0.3) is 27.5 Å². The van der Waals surface area contributed by atoms with Crippen LogP contribution in [-0.4, -0.2) is 52.7 Å². The average molecular weight is 382 g/mol. The highest BCUT2D eigenvalue weighted by atomic mass is 32.2. The zero-order valence-electron chi connectivity index (χ0n) is 13.3. The number of nitrogens with zero attached hydrogens (tertiary/aromatic N) is 3. The van der Waals surface area contributed by atoms with Gasteiger partial charge in [0.15, 0.2) is 5.75 Å². The molecule has 0 aromatic carbocycles. The summed E-state index contributed by atoms with van der Waals surface area (Å²) in [6.45, 7) is -0.190. The summed E-state index contributed by atoms with van der Waals surface area (Å²) in [4.78, 5) is 11.5. The fourth-order valence-corrected chi connectivity index (χ4v) is 4.39. The van der Waals surface area contributed by atoms with Gasteiger partial charge in [-0.2, -0.15) is 17.5 Å². The molecule has 6 nitrogen and oxygen atoms in total. The monoisotopic (exact) mass is 382 g/mol. The van der Waals surface area contributed by atoms with Crippen LogP contribution < -0.4 is 0 Å². The normalized spacial score (nSPS) is 16.5. The van der Waals surface area contributed by atoms with E-state index in [0.717, 1.165) is 20.6 Å². The summed E-state index contributed by atoms with van der Waals surface area (Å²) < 4.78 is 62.4. The molecule has 3 aromatic rings. The summed E-state index contributed by atoms with van der Waals surface area (Å²) in [5.74, 6) is -1.86. The van der Waals surface area contributed by atoms with Crippen LogP contribution in [-0.2, 0) is 10.0 Å². The second-order valence-corrected chi connectivity index (χ2v) is 7.98. The summed E-state index contributed by atoms with van der Waals surface area (Å²) in [6.07, 6.45) is 1.78. The number of hydrogen-bond acceptors (Lipinski definition) is 4. The molecule has 136 valence electrons. The Morgan fingerprint density at radius 2 is 2.04 bits per heavy atom. The lowest BCUT2D eigenvalue weighted by atomic mass is 10.0. The number of nitrogens with one attached hydrogen (secondary N) is 1. The average Bonchev–Trinajstić information content (AvgIpc) is 3.21. The standard InChI is InChI=1S/C16H13F3N4O2S/c17-16(18,19)9-26(24,25)23-6-3-10(8-23)11-1-4-20-13-7-22-15-12(14(11)13)2-5-21-15/h1-5,7H,6,8-9H2,(H,21,22). The molecule has 3 aromatic heterocycles. The summed E-state index contributed by atoms with van der Waals surface area (Å²) in [5, 5.41) is 1.61. The second kappa shape index (κ2) is 5.78. The van der Waals surface area contributed by atoms with Crippen LogP contribution in [0, 0.1) is 0 Å². The summed E-state index contributed by atoms with van der Waals surface area (Å²) >= 11 is 0. The first kappa shape index (κ1) is 17.0. The van der Waals surface area contributed by atoms with E-state index in [4.69, 9.17) is 0 Å². The van der Waals surface area contributed by atoms with Crippen LogP contribution in [0.2, 0.25) is 0 Å². The van der Waals surface area contributed by atoms with E-state index in [-0.39, 0.29) is 13.1 Å². The van der Waals surface area contributed by atoms with Gasteiger partial charge in [0.1, 0.15) is 5.65 Å². The Morgan fingerprint density at radius 3 is 2.81 bits per heavy atom. The van der Waals surface area contributed by atoms with Gasteiger partial charge in [-0.1, -0.05) is 6.08 Å². The highest BCUT2D eigenvalue weighted by Gasteiger charge is 2.39. The number of rotatable bonds is 3. The quantitative estimate of drug-likeness (QED) is 0.756. The van der Waals surface area contributed by atoms with Crippen molar-refractivity contribution in [1.29, 1.82) is 0 Å². The van der Waals surface area contributed by atoms with Gasteiger partial charge in [0, 0.05) is 36.3 Å². The van der Waals surface area contributed by atoms with E-state index in [2.05, 4.69) is 15.0 Å². The molecule has 26 heavy (non-hydrogen) atoms. The minimum Gasteiger partial charge on any atom is -0.346 e. The molecule has 0 radical (unpaired) electrons. The molecule has 0 atom stereocenters. The van der Waals surface area contributed by atoms with Gasteiger partial charge in [0.2, 0.25) is 10.0 Å². The third kappa shape index (κ3) is 2.95. The van der Waals surface area contributed by atoms with Gasteiger partial charge in [-0.15, -0.1) is 0 Å². The zero-order chi connectivity index (χ0) is 18.5. The molecule has 0 amide bonds. The number of aromatic amines is 1. The number of halogens is 3. The Bertz CT molecular complexity index is 1140. The van der Waals surface area contributed by atoms with Gasteiger partial charge in [0.25, 0.3) is 0 Å². The lowest BCUT2D eigenvalue weighted by Crippen LogP contribution is -2.36. The minimum atomic E-state index is -4.77. The predicted molar refractivity (Wildman–Crippen MR) is 90.8 cm³/mol. The van der Waals surface area contributed by atoms with E-state index in [0.29, 0.717) is 16.7 Å². The summed E-state index contributed by atoms with van der Waals surface area (Å²) in [5.41, 5.74) is 2.68. The van der Waals surface area contributed by atoms with Crippen molar-refractivity contribution in [2.75, 3.05) is 18.8 Å². The van der Waals surface area contributed by atoms with Crippen LogP contribution in [0.4, 0.5) is 13.2 Å². The molecule has 4 heterocycles. The largest absolute Gasteiger partial charge is 0.404 e. The number of alkyl halides is 3. The van der Waals surface area contributed by atoms with Crippen molar-refractivity contribution >= 4 is 37.5 Å². The van der Waals surface area contributed by atoms with Crippen molar-refractivity contribution in [3.63, 3.8) is 0 Å². The second-order valence-electron chi connectivity index (χ2n) is 6.01. The number of fused-ring (bicyclic) bond motifs is 3. The number of H-pyrrole nitrogens is 1. The fourth-order valence-electron chi connectivity index (χ4n) is 3.16. The van der Waals surface area contributed by atoms with Crippen LogP contribution in [0.5, 0.6) is 0 Å². The van der Waals surface area contributed by atoms with Crippen LogP contribution in [0.1, 0.15) is 5.56 Å². The van der Waals surface area contributed by atoms with Gasteiger partial charge in [-0.05, 0) is 23.3 Å². The molecular formula is C16H13F3N4O2S. The van der Waals surface area contributed by atoms with E-state index in [9.17, 15) is 21.6 Å². The maximum absolute atomic E-state index is 12.5. The number of pyridine rings is 2. The summed E-state index contributed by atoms with van der Waals surface area (Å²) in [6, 6.07) is 3.57. The van der Waals surface area contributed by atoms with Crippen LogP contribution in [0.15, 0.2) is 36.8 Å². The molecule has 10 heteroatoms. The lowest BCUT2D eigenvalue weighted by molar-refractivity contribution is -0.106. The predicted octanol–water partition coefficient (Wildman–Crippen LogP) is 2.70. The zero-order valence-corrected chi connectivity index (χ0v) is 14.1. The van der Waals surface area contributed by atoms with E-state index >= 15 is 0 Å². The summed E-state index contributed by atoms with van der Waals surface area (Å²) in [7, 11) is -4.42. The van der Waals surface area contributed by atoms with E-state index in [1.807, 2.05) is 6.07 Å². The van der Waals surface area contributed by atoms with Gasteiger partial charge < -0.3 is 4.98 Å². The van der Waals surface area contributed by atoms with E-state index < -0.39 is 22.0 Å². The SMILES string of the molecule is O=S(=O)(CC(F)(F)F)N1CC=C(c2ccnc3cnc4[nH]ccc4c23)C1. The molecule has 0 aliphatic carbocycles. The number of hydrogen-bond donors (Lipinski definition) is 1. The molecule has 0 saturated heterocycles. The Hall–Kier alpha value is -2.46. The van der Waals surface area contributed by atoms with Crippen LogP contribution >= 0.6 is 0 Å². The molecule has 1 aliphatic rings. The smallest absolute Gasteiger partial charge is 0.346 e. The molecule has 0 fully saturated rings. The minimum absolute atomic E-state index is 0.0844. The molecule has 0 spiro atoms. The molecule has 1 N–H and O–H groups in total. The Kier molecular flexibility index (Phi) is 3.77. The first-order valence-corrected chi connectivity index (χ1v) is 9.30. The van der Waals surface area contributed by atoms with Crippen molar-refractivity contribution in [2.24, 2.45) is 0 Å². The highest BCUT2D eigenvalue weighted by molar-refractivity contribution is 7.89. The van der Waals surface area contributed by atoms with Crippen molar-refractivity contribution in [3.8, 4) is 0 Å².